The summed E-state index contributed by atoms with van der Waals surface area (Å²) in [5.74, 6) is 1.60. The van der Waals surface area contributed by atoms with Crippen molar-refractivity contribution >= 4 is 27.6 Å². The molecule has 0 N–H and O–H groups in total. The Bertz CT molecular complexity index is 1250. The summed E-state index contributed by atoms with van der Waals surface area (Å²) in [6.45, 7) is -0.284. The van der Waals surface area contributed by atoms with E-state index in [1.165, 1.54) is 0 Å². The van der Waals surface area contributed by atoms with Crippen molar-refractivity contribution in [3.63, 3.8) is 0 Å². The summed E-state index contributed by atoms with van der Waals surface area (Å²) in [7, 11) is 3.15. The Labute approximate surface area is 181 Å². The number of methoxy groups -OCH3 is 2. The van der Waals surface area contributed by atoms with E-state index < -0.39 is 10.9 Å². The molecule has 4 aromatic rings. The first-order valence-electron chi connectivity index (χ1n) is 9.26. The van der Waals surface area contributed by atoms with Crippen LogP contribution in [0.1, 0.15) is 0 Å². The maximum atomic E-state index is 12.5. The van der Waals surface area contributed by atoms with Crippen LogP contribution >= 0.6 is 11.3 Å². The average molecular weight is 438 g/mol. The zero-order valence-electron chi connectivity index (χ0n) is 16.7. The van der Waals surface area contributed by atoms with Gasteiger partial charge >= 0.3 is 10.9 Å². The van der Waals surface area contributed by atoms with E-state index in [9.17, 15) is 9.59 Å². The minimum absolute atomic E-state index is 0.284. The highest BCUT2D eigenvalue weighted by atomic mass is 32.1. The Kier molecular flexibility index (Phi) is 5.90. The number of fused-ring (bicyclic) bond motifs is 1. The number of benzene rings is 3. The van der Waals surface area contributed by atoms with E-state index in [1.54, 1.807) is 62.8 Å². The lowest BCUT2D eigenvalue weighted by atomic mass is 10.0. The number of esters is 1. The monoisotopic (exact) mass is 438 g/mol. The van der Waals surface area contributed by atoms with Gasteiger partial charge in [0, 0.05) is 5.56 Å². The van der Waals surface area contributed by atoms with Gasteiger partial charge in [-0.1, -0.05) is 23.5 Å². The molecule has 0 bridgehead atoms. The first-order chi connectivity index (χ1) is 15.1. The van der Waals surface area contributed by atoms with Gasteiger partial charge in [-0.3, -0.25) is 0 Å². The van der Waals surface area contributed by atoms with E-state index in [0.717, 1.165) is 16.9 Å². The van der Waals surface area contributed by atoms with Crippen molar-refractivity contribution in [1.82, 2.24) is 0 Å². The van der Waals surface area contributed by atoms with Gasteiger partial charge in [-0.25, -0.2) is 9.59 Å². The molecule has 1 aromatic heterocycles. The predicted octanol–water partition coefficient (Wildman–Crippen LogP) is 4.52. The smallest absolute Gasteiger partial charge is 0.396 e. The summed E-state index contributed by atoms with van der Waals surface area (Å²) in [6.07, 6.45) is 0. The third-order valence-corrected chi connectivity index (χ3v) is 5.34. The van der Waals surface area contributed by atoms with Gasteiger partial charge in [0.1, 0.15) is 28.6 Å². The first-order valence-corrected chi connectivity index (χ1v) is 10.1. The number of carbonyl (C=O) groups excluding carboxylic acids is 1. The molecule has 0 aliphatic carbocycles. The highest BCUT2D eigenvalue weighted by molar-refractivity contribution is 7.16. The molecule has 158 valence electrons. The van der Waals surface area contributed by atoms with Gasteiger partial charge in [0.25, 0.3) is 0 Å². The fraction of sp³-hybridized carbons (Fsp3) is 0.130. The van der Waals surface area contributed by atoms with E-state index >= 15 is 0 Å². The average Bonchev–Trinajstić information content (AvgIpc) is 3.18. The van der Waals surface area contributed by atoms with E-state index in [2.05, 4.69) is 0 Å². The molecule has 31 heavy (non-hydrogen) atoms. The number of hydrogen-bond donors (Lipinski definition) is 0. The Morgan fingerprint density at radius 3 is 2.13 bits per heavy atom. The molecule has 4 rings (SSSR count). The molecule has 0 saturated carbocycles. The molecule has 0 saturated heterocycles. The lowest BCUT2D eigenvalue weighted by Gasteiger charge is -2.12. The van der Waals surface area contributed by atoms with Crippen molar-refractivity contribution in [3.05, 3.63) is 70.4 Å². The van der Waals surface area contributed by atoms with Crippen LogP contribution in [0.15, 0.2) is 69.9 Å². The Hall–Kier alpha value is -3.78. The Morgan fingerprint density at radius 1 is 0.871 bits per heavy atom. The number of hydrogen-bond acceptors (Lipinski definition) is 8. The van der Waals surface area contributed by atoms with Crippen LogP contribution in [0.25, 0.3) is 21.4 Å². The lowest BCUT2D eigenvalue weighted by Crippen LogP contribution is -2.18. The van der Waals surface area contributed by atoms with E-state index in [0.29, 0.717) is 38.8 Å². The van der Waals surface area contributed by atoms with Gasteiger partial charge in [0.2, 0.25) is 0 Å². The Morgan fingerprint density at radius 2 is 1.48 bits per heavy atom. The fourth-order valence-electron chi connectivity index (χ4n) is 3.00. The van der Waals surface area contributed by atoms with Crippen LogP contribution in [0.2, 0.25) is 0 Å². The van der Waals surface area contributed by atoms with Crippen molar-refractivity contribution in [2.75, 3.05) is 20.8 Å². The van der Waals surface area contributed by atoms with Gasteiger partial charge in [-0.2, -0.15) is 0 Å². The van der Waals surface area contributed by atoms with Gasteiger partial charge < -0.3 is 23.4 Å². The minimum Gasteiger partial charge on any atom is -0.497 e. The summed E-state index contributed by atoms with van der Waals surface area (Å²) in [4.78, 5) is 23.8. The summed E-state index contributed by atoms with van der Waals surface area (Å²) >= 11 is 0.951. The zero-order valence-corrected chi connectivity index (χ0v) is 17.6. The number of carbonyl (C=O) groups is 1. The van der Waals surface area contributed by atoms with Gasteiger partial charge in [-0.05, 0) is 54.1 Å². The molecule has 0 amide bonds. The van der Waals surface area contributed by atoms with Gasteiger partial charge in [-0.15, -0.1) is 0 Å². The second-order valence-corrected chi connectivity index (χ2v) is 7.33. The highest BCUT2D eigenvalue weighted by Crippen LogP contribution is 2.39. The first kappa shape index (κ1) is 20.5. The maximum Gasteiger partial charge on any atom is 0.396 e. The molecule has 0 aliphatic rings. The van der Waals surface area contributed by atoms with Crippen molar-refractivity contribution in [1.29, 1.82) is 0 Å². The van der Waals surface area contributed by atoms with Gasteiger partial charge in [0.15, 0.2) is 6.61 Å². The quantitative estimate of drug-likeness (QED) is 0.310. The molecular formula is C23H18O7S. The number of rotatable bonds is 7. The molecular weight excluding hydrogens is 420 g/mol. The third-order valence-electron chi connectivity index (χ3n) is 4.48. The second kappa shape index (κ2) is 8.93. The largest absolute Gasteiger partial charge is 0.497 e. The van der Waals surface area contributed by atoms with Crippen LogP contribution in [0.4, 0.5) is 0 Å². The van der Waals surface area contributed by atoms with Crippen LogP contribution in [-0.2, 0) is 4.79 Å². The third kappa shape index (κ3) is 4.54. The zero-order chi connectivity index (χ0) is 21.8. The molecule has 0 atom stereocenters. The van der Waals surface area contributed by atoms with Crippen molar-refractivity contribution < 1.29 is 28.2 Å². The minimum atomic E-state index is -0.583. The molecule has 1 heterocycles. The molecule has 0 fully saturated rings. The normalized spacial score (nSPS) is 10.6. The number of ether oxygens (including phenoxy) is 4. The van der Waals surface area contributed by atoms with E-state index in [1.807, 2.05) is 12.1 Å². The molecule has 0 spiro atoms. The van der Waals surface area contributed by atoms with E-state index in [-0.39, 0.29) is 6.61 Å². The van der Waals surface area contributed by atoms with Crippen molar-refractivity contribution in [2.45, 2.75) is 0 Å². The van der Waals surface area contributed by atoms with Crippen LogP contribution in [0, 0.1) is 0 Å². The van der Waals surface area contributed by atoms with Gasteiger partial charge in [0.05, 0.1) is 18.9 Å². The fourth-order valence-corrected chi connectivity index (χ4v) is 3.83. The Balaban J connectivity index is 1.60. The molecule has 0 aliphatic heterocycles. The summed E-state index contributed by atoms with van der Waals surface area (Å²) in [6, 6.07) is 17.3. The predicted molar refractivity (Wildman–Crippen MR) is 116 cm³/mol. The molecule has 7 nitrogen and oxygen atoms in total. The second-order valence-electron chi connectivity index (χ2n) is 6.39. The standard InChI is InChI=1S/C23H18O7S/c1-26-15-5-3-14(4-6-15)21-18(11-12-19-22(21)31-23(25)30-19)29-20(24)13-28-17-9-7-16(27-2)8-10-17/h3-12H,13H2,1-2H3. The molecule has 3 aromatic carbocycles. The van der Waals surface area contributed by atoms with Crippen LogP contribution in [-0.4, -0.2) is 26.8 Å². The lowest BCUT2D eigenvalue weighted by molar-refractivity contribution is -0.136. The summed E-state index contributed by atoms with van der Waals surface area (Å²) in [5.41, 5.74) is 1.77. The van der Waals surface area contributed by atoms with E-state index in [4.69, 9.17) is 23.4 Å². The molecule has 8 heteroatoms. The molecule has 0 radical (unpaired) electrons. The summed E-state index contributed by atoms with van der Waals surface area (Å²) < 4.78 is 27.2. The highest BCUT2D eigenvalue weighted by Gasteiger charge is 2.18. The maximum absolute atomic E-state index is 12.5. The van der Waals surface area contributed by atoms with Crippen molar-refractivity contribution in [2.24, 2.45) is 0 Å². The summed E-state index contributed by atoms with van der Waals surface area (Å²) in [5, 5.41) is 0. The van der Waals surface area contributed by atoms with Crippen molar-refractivity contribution in [3.8, 4) is 34.1 Å². The topological polar surface area (TPSA) is 84.2 Å². The van der Waals surface area contributed by atoms with Crippen LogP contribution in [0.3, 0.4) is 0 Å². The SMILES string of the molecule is COc1ccc(OCC(=O)Oc2ccc3oc(=O)sc3c2-c2ccc(OC)cc2)cc1. The molecule has 0 unspecified atom stereocenters. The van der Waals surface area contributed by atoms with Crippen LogP contribution in [0.5, 0.6) is 23.0 Å². The van der Waals surface area contributed by atoms with Crippen LogP contribution < -0.4 is 23.9 Å².